The highest BCUT2D eigenvalue weighted by Gasteiger charge is 2.27. The van der Waals surface area contributed by atoms with Gasteiger partial charge in [-0.05, 0) is 0 Å². The van der Waals surface area contributed by atoms with Gasteiger partial charge < -0.3 is 0 Å². The molecule has 0 atom stereocenters. The predicted octanol–water partition coefficient (Wildman–Crippen LogP) is 3.84. The van der Waals surface area contributed by atoms with Crippen LogP contribution in [0.4, 0.5) is 8.78 Å². The zero-order chi connectivity index (χ0) is 10.2. The molecule has 0 aliphatic heterocycles. The molecular weight excluding hydrogens is 266 g/mol. The van der Waals surface area contributed by atoms with Gasteiger partial charge in [0.1, 0.15) is 10.8 Å². The molecule has 7 heteroatoms. The van der Waals surface area contributed by atoms with Crippen molar-refractivity contribution in [2.45, 2.75) is 3.79 Å². The molecule has 0 spiro atoms. The normalized spacial score (nSPS) is 11.8. The van der Waals surface area contributed by atoms with Crippen LogP contribution in [0.1, 0.15) is 5.69 Å². The maximum absolute atomic E-state index is 12.8. The van der Waals surface area contributed by atoms with Crippen molar-refractivity contribution in [3.63, 3.8) is 0 Å². The molecule has 1 heterocycles. The van der Waals surface area contributed by atoms with E-state index in [1.807, 2.05) is 0 Å². The van der Waals surface area contributed by atoms with Crippen LogP contribution in [0.5, 0.6) is 0 Å². The third kappa shape index (κ3) is 2.56. The molecule has 0 aliphatic rings. The molecule has 0 saturated carbocycles. The summed E-state index contributed by atoms with van der Waals surface area (Å²) < 4.78 is 23.5. The van der Waals surface area contributed by atoms with Gasteiger partial charge in [-0.15, -0.1) is 0 Å². The summed E-state index contributed by atoms with van der Waals surface area (Å²) in [4.78, 5) is 3.17. The van der Waals surface area contributed by atoms with E-state index < -0.39 is 20.6 Å². The minimum Gasteiger partial charge on any atom is -0.219 e. The van der Waals surface area contributed by atoms with Gasteiger partial charge in [-0.3, -0.25) is 0 Å². The lowest BCUT2D eigenvalue weighted by Gasteiger charge is -2.10. The van der Waals surface area contributed by atoms with Crippen molar-refractivity contribution in [1.82, 2.24) is 4.98 Å². The minimum absolute atomic E-state index is 0.350. The number of nitrogens with zero attached hydrogens (tertiary/aromatic N) is 1. The lowest BCUT2D eigenvalue weighted by molar-refractivity contribution is 0.546. The van der Waals surface area contributed by atoms with Crippen LogP contribution in [0.15, 0.2) is 6.07 Å². The quantitative estimate of drug-likeness (QED) is 0.514. The minimum atomic E-state index is -1.97. The average molecular weight is 267 g/mol. The van der Waals surface area contributed by atoms with E-state index in [1.165, 1.54) is 0 Å². The number of halogens is 6. The Morgan fingerprint density at radius 3 is 2.15 bits per heavy atom. The number of hydrogen-bond donors (Lipinski definition) is 0. The molecule has 0 fully saturated rings. The first-order valence-electron chi connectivity index (χ1n) is 2.91. The molecule has 0 radical (unpaired) electrons. The third-order valence-electron chi connectivity index (χ3n) is 1.16. The molecule has 0 bridgehead atoms. The molecule has 1 aromatic heterocycles. The van der Waals surface area contributed by atoms with E-state index in [9.17, 15) is 8.78 Å². The van der Waals surface area contributed by atoms with Gasteiger partial charge >= 0.3 is 0 Å². The second-order valence-corrected chi connectivity index (χ2v) is 4.75. The Morgan fingerprint density at radius 2 is 1.77 bits per heavy atom. The van der Waals surface area contributed by atoms with Crippen molar-refractivity contribution < 1.29 is 8.78 Å². The summed E-state index contributed by atoms with van der Waals surface area (Å²) >= 11 is 21.2. The lowest BCUT2D eigenvalue weighted by Crippen LogP contribution is -2.06. The first kappa shape index (κ1) is 11.2. The largest absolute Gasteiger partial charge is 0.235 e. The molecule has 1 nitrogen and oxygen atoms in total. The highest BCUT2D eigenvalue weighted by molar-refractivity contribution is 6.66. The van der Waals surface area contributed by atoms with Gasteiger partial charge in [-0.1, -0.05) is 46.4 Å². The lowest BCUT2D eigenvalue weighted by atomic mass is 10.3. The van der Waals surface area contributed by atoms with Crippen molar-refractivity contribution >= 4 is 46.4 Å². The number of pyridine rings is 1. The van der Waals surface area contributed by atoms with Crippen LogP contribution in [-0.4, -0.2) is 4.98 Å². The van der Waals surface area contributed by atoms with Crippen molar-refractivity contribution in [3.8, 4) is 0 Å². The topological polar surface area (TPSA) is 12.9 Å². The Hall–Kier alpha value is 0.170. The Balaban J connectivity index is 3.29. The highest BCUT2D eigenvalue weighted by atomic mass is 35.6. The van der Waals surface area contributed by atoms with E-state index in [2.05, 4.69) is 4.98 Å². The van der Waals surface area contributed by atoms with Crippen molar-refractivity contribution in [2.24, 2.45) is 0 Å². The SMILES string of the molecule is Fc1cc(C(Cl)(Cl)Cl)nc(F)c1Cl. The van der Waals surface area contributed by atoms with Crippen LogP contribution >= 0.6 is 46.4 Å². The van der Waals surface area contributed by atoms with Crippen molar-refractivity contribution in [1.29, 1.82) is 0 Å². The fraction of sp³-hybridized carbons (Fsp3) is 0.167. The summed E-state index contributed by atoms with van der Waals surface area (Å²) in [5.41, 5.74) is -0.350. The molecule has 13 heavy (non-hydrogen) atoms. The Bertz CT molecular complexity index is 313. The van der Waals surface area contributed by atoms with Gasteiger partial charge in [-0.2, -0.15) is 4.39 Å². The maximum Gasteiger partial charge on any atom is 0.235 e. The van der Waals surface area contributed by atoms with Gasteiger partial charge in [0.25, 0.3) is 0 Å². The summed E-state index contributed by atoms with van der Waals surface area (Å²) in [5.74, 6) is -2.22. The summed E-state index contributed by atoms with van der Waals surface area (Å²) in [5, 5.41) is -0.724. The van der Waals surface area contributed by atoms with E-state index in [4.69, 9.17) is 46.4 Å². The highest BCUT2D eigenvalue weighted by Crippen LogP contribution is 2.38. The number of aromatic nitrogens is 1. The smallest absolute Gasteiger partial charge is 0.219 e. The van der Waals surface area contributed by atoms with Crippen LogP contribution in [0.2, 0.25) is 5.02 Å². The zero-order valence-corrected chi connectivity index (χ0v) is 8.82. The van der Waals surface area contributed by atoms with Gasteiger partial charge in [-0.25, -0.2) is 9.37 Å². The van der Waals surface area contributed by atoms with Crippen LogP contribution in [0, 0.1) is 11.8 Å². The first-order chi connectivity index (χ1) is 5.82. The second kappa shape index (κ2) is 3.73. The maximum atomic E-state index is 12.8. The van der Waals surface area contributed by atoms with Crippen LogP contribution in [-0.2, 0) is 3.79 Å². The Kier molecular flexibility index (Phi) is 3.23. The van der Waals surface area contributed by atoms with Gasteiger partial charge in [0.2, 0.25) is 9.74 Å². The van der Waals surface area contributed by atoms with Crippen LogP contribution in [0.3, 0.4) is 0 Å². The molecular formula is C6HCl4F2N. The fourth-order valence-corrected chi connectivity index (χ4v) is 1.00. The average Bonchev–Trinajstić information content (AvgIpc) is 1.97. The van der Waals surface area contributed by atoms with E-state index in [-0.39, 0.29) is 5.69 Å². The van der Waals surface area contributed by atoms with Gasteiger partial charge in [0, 0.05) is 6.07 Å². The standard InChI is InChI=1S/C6HCl4F2N/c7-4-2(11)1-3(6(8,9)10)13-5(4)12/h1H. The van der Waals surface area contributed by atoms with E-state index in [0.717, 1.165) is 6.07 Å². The molecule has 72 valence electrons. The summed E-state index contributed by atoms with van der Waals surface area (Å²) in [6.45, 7) is 0. The number of rotatable bonds is 0. The number of alkyl halides is 3. The first-order valence-corrected chi connectivity index (χ1v) is 4.42. The number of hydrogen-bond acceptors (Lipinski definition) is 1. The summed E-state index contributed by atoms with van der Waals surface area (Å²) in [6, 6.07) is 0.762. The Labute approximate surface area is 92.6 Å². The predicted molar refractivity (Wildman–Crippen MR) is 48.4 cm³/mol. The van der Waals surface area contributed by atoms with Crippen LogP contribution in [0.25, 0.3) is 0 Å². The second-order valence-electron chi connectivity index (χ2n) is 2.09. The zero-order valence-electron chi connectivity index (χ0n) is 5.79. The van der Waals surface area contributed by atoms with Gasteiger partial charge in [0.15, 0.2) is 0 Å². The Morgan fingerprint density at radius 1 is 1.23 bits per heavy atom. The van der Waals surface area contributed by atoms with E-state index >= 15 is 0 Å². The van der Waals surface area contributed by atoms with Crippen molar-refractivity contribution in [2.75, 3.05) is 0 Å². The summed E-state index contributed by atoms with van der Waals surface area (Å²) in [6.07, 6.45) is 0. The fourth-order valence-electron chi connectivity index (χ4n) is 0.614. The molecule has 0 saturated heterocycles. The third-order valence-corrected chi connectivity index (χ3v) is 2.08. The monoisotopic (exact) mass is 265 g/mol. The van der Waals surface area contributed by atoms with E-state index in [1.54, 1.807) is 0 Å². The molecule has 0 aliphatic carbocycles. The van der Waals surface area contributed by atoms with E-state index in [0.29, 0.717) is 0 Å². The van der Waals surface area contributed by atoms with Crippen LogP contribution < -0.4 is 0 Å². The molecule has 0 unspecified atom stereocenters. The van der Waals surface area contributed by atoms with Gasteiger partial charge in [0.05, 0.1) is 5.69 Å². The molecule has 1 aromatic rings. The molecule has 1 rings (SSSR count). The molecule has 0 aromatic carbocycles. The van der Waals surface area contributed by atoms with Crippen molar-refractivity contribution in [3.05, 3.63) is 28.5 Å². The molecule has 0 amide bonds. The summed E-state index contributed by atoms with van der Waals surface area (Å²) in [7, 11) is 0. The molecule has 0 N–H and O–H groups in total.